The Hall–Kier alpha value is -2.22. The van der Waals surface area contributed by atoms with Gasteiger partial charge in [0.25, 0.3) is 5.56 Å². The van der Waals surface area contributed by atoms with Gasteiger partial charge in [0.05, 0.1) is 22.5 Å². The predicted octanol–water partition coefficient (Wildman–Crippen LogP) is 0.625. The lowest BCUT2D eigenvalue weighted by Gasteiger charge is -2.15. The maximum atomic E-state index is 12.5. The third-order valence-corrected chi connectivity index (χ3v) is 6.39. The summed E-state index contributed by atoms with van der Waals surface area (Å²) in [7, 11) is -3.07. The van der Waals surface area contributed by atoms with E-state index in [1.165, 1.54) is 4.57 Å². The van der Waals surface area contributed by atoms with Crippen LogP contribution in [0.4, 0.5) is 0 Å². The van der Waals surface area contributed by atoms with Gasteiger partial charge in [-0.25, -0.2) is 13.4 Å². The van der Waals surface area contributed by atoms with Gasteiger partial charge in [0.15, 0.2) is 9.84 Å². The molecule has 1 unspecified atom stereocenters. The molecule has 1 aromatic heterocycles. The van der Waals surface area contributed by atoms with Gasteiger partial charge >= 0.3 is 0 Å². The van der Waals surface area contributed by atoms with Gasteiger partial charge in [-0.2, -0.15) is 0 Å². The summed E-state index contributed by atoms with van der Waals surface area (Å²) in [6.07, 6.45) is 0.414. The van der Waals surface area contributed by atoms with Crippen molar-refractivity contribution in [3.63, 3.8) is 0 Å². The summed E-state index contributed by atoms with van der Waals surface area (Å²) in [5.74, 6) is -0.315. The summed E-state index contributed by atoms with van der Waals surface area (Å²) in [4.78, 5) is 29.2. The van der Waals surface area contributed by atoms with Crippen LogP contribution in [0, 0.1) is 20.8 Å². The second-order valence-electron chi connectivity index (χ2n) is 6.68. The molecule has 1 aliphatic rings. The van der Waals surface area contributed by atoms with Crippen molar-refractivity contribution in [1.29, 1.82) is 0 Å². The van der Waals surface area contributed by atoms with Crippen LogP contribution in [0.1, 0.15) is 23.2 Å². The number of nitrogens with one attached hydrogen (secondary N) is 1. The second-order valence-corrected chi connectivity index (χ2v) is 8.91. The quantitative estimate of drug-likeness (QED) is 0.862. The third kappa shape index (κ3) is 3.58. The molecule has 1 aliphatic heterocycles. The number of aromatic nitrogens is 2. The van der Waals surface area contributed by atoms with Crippen LogP contribution in [-0.4, -0.2) is 41.4 Å². The van der Waals surface area contributed by atoms with Gasteiger partial charge in [0, 0.05) is 6.04 Å². The van der Waals surface area contributed by atoms with Crippen LogP contribution in [0.2, 0.25) is 0 Å². The number of carbonyl (C=O) groups is 1. The lowest BCUT2D eigenvalue weighted by Crippen LogP contribution is -2.40. The number of nitrogens with zero attached hydrogens (tertiary/aromatic N) is 2. The highest BCUT2D eigenvalue weighted by Gasteiger charge is 2.29. The monoisotopic (exact) mass is 363 g/mol. The molecular formula is C17H21N3O4S. The first kappa shape index (κ1) is 17.6. The smallest absolute Gasteiger partial charge is 0.272 e. The number of hydrogen-bond acceptors (Lipinski definition) is 5. The van der Waals surface area contributed by atoms with E-state index in [1.54, 1.807) is 6.92 Å². The molecule has 1 N–H and O–H groups in total. The van der Waals surface area contributed by atoms with Crippen molar-refractivity contribution in [2.24, 2.45) is 0 Å². The molecule has 3 rings (SSSR count). The van der Waals surface area contributed by atoms with E-state index >= 15 is 0 Å². The Labute approximate surface area is 146 Å². The number of benzene rings is 1. The molecule has 1 saturated heterocycles. The Morgan fingerprint density at radius 3 is 2.60 bits per heavy atom. The fourth-order valence-electron chi connectivity index (χ4n) is 3.11. The first-order valence-corrected chi connectivity index (χ1v) is 9.96. The van der Waals surface area contributed by atoms with Crippen LogP contribution in [0.3, 0.4) is 0 Å². The zero-order chi connectivity index (χ0) is 18.4. The molecule has 2 aromatic rings. The average Bonchev–Trinajstić information content (AvgIpc) is 2.85. The van der Waals surface area contributed by atoms with Crippen molar-refractivity contribution >= 4 is 26.8 Å². The fourth-order valence-corrected chi connectivity index (χ4v) is 4.78. The highest BCUT2D eigenvalue weighted by Crippen LogP contribution is 2.17. The van der Waals surface area contributed by atoms with Crippen molar-refractivity contribution in [1.82, 2.24) is 14.9 Å². The number of aryl methyl sites for hydroxylation is 3. The normalized spacial score (nSPS) is 19.2. The van der Waals surface area contributed by atoms with E-state index in [2.05, 4.69) is 10.3 Å². The van der Waals surface area contributed by atoms with Crippen molar-refractivity contribution < 1.29 is 13.2 Å². The summed E-state index contributed by atoms with van der Waals surface area (Å²) in [6, 6.07) is 3.37. The number of sulfone groups is 1. The SMILES string of the molecule is Cc1cc2nc(C)c(=O)n(CC(=O)NC3CCS(=O)(=O)C3)c2cc1C. The van der Waals surface area contributed by atoms with Crippen LogP contribution in [0.25, 0.3) is 11.0 Å². The van der Waals surface area contributed by atoms with Gasteiger partial charge in [0.2, 0.25) is 5.91 Å². The Morgan fingerprint density at radius 2 is 1.96 bits per heavy atom. The van der Waals surface area contributed by atoms with Crippen LogP contribution in [0.5, 0.6) is 0 Å². The Kier molecular flexibility index (Phi) is 4.40. The molecule has 8 heteroatoms. The molecule has 1 aromatic carbocycles. The fraction of sp³-hybridized carbons (Fsp3) is 0.471. The number of carbonyl (C=O) groups excluding carboxylic acids is 1. The van der Waals surface area contributed by atoms with Gasteiger partial charge in [-0.15, -0.1) is 0 Å². The molecular weight excluding hydrogens is 342 g/mol. The van der Waals surface area contributed by atoms with Gasteiger partial charge in [-0.05, 0) is 50.5 Å². The molecule has 134 valence electrons. The van der Waals surface area contributed by atoms with E-state index in [1.807, 2.05) is 26.0 Å². The molecule has 1 atom stereocenters. The number of rotatable bonds is 3. The minimum Gasteiger partial charge on any atom is -0.351 e. The minimum atomic E-state index is -3.07. The van der Waals surface area contributed by atoms with E-state index in [0.717, 1.165) is 11.1 Å². The topological polar surface area (TPSA) is 98.1 Å². The molecule has 2 heterocycles. The first-order valence-electron chi connectivity index (χ1n) is 8.14. The summed E-state index contributed by atoms with van der Waals surface area (Å²) in [5, 5.41) is 2.72. The Bertz CT molecular complexity index is 1020. The van der Waals surface area contributed by atoms with Gasteiger partial charge in [-0.3, -0.25) is 14.2 Å². The second kappa shape index (κ2) is 6.25. The molecule has 7 nitrogen and oxygen atoms in total. The predicted molar refractivity (Wildman–Crippen MR) is 95.4 cm³/mol. The molecule has 25 heavy (non-hydrogen) atoms. The van der Waals surface area contributed by atoms with E-state index in [0.29, 0.717) is 23.1 Å². The molecule has 0 radical (unpaired) electrons. The maximum Gasteiger partial charge on any atom is 0.272 e. The molecule has 0 spiro atoms. The van der Waals surface area contributed by atoms with Gasteiger partial charge in [-0.1, -0.05) is 0 Å². The van der Waals surface area contributed by atoms with E-state index < -0.39 is 9.84 Å². The summed E-state index contributed by atoms with van der Waals surface area (Å²) in [6.45, 7) is 5.37. The third-order valence-electron chi connectivity index (χ3n) is 4.62. The Morgan fingerprint density at radius 1 is 1.28 bits per heavy atom. The molecule has 1 fully saturated rings. The summed E-state index contributed by atoms with van der Waals surface area (Å²) in [5.41, 5.74) is 3.35. The van der Waals surface area contributed by atoms with Gasteiger partial charge in [0.1, 0.15) is 12.2 Å². The van der Waals surface area contributed by atoms with Crippen molar-refractivity contribution in [3.8, 4) is 0 Å². The van der Waals surface area contributed by atoms with Crippen molar-refractivity contribution in [3.05, 3.63) is 39.3 Å². The zero-order valence-electron chi connectivity index (χ0n) is 14.5. The van der Waals surface area contributed by atoms with Gasteiger partial charge < -0.3 is 5.32 Å². The van der Waals surface area contributed by atoms with Crippen LogP contribution < -0.4 is 10.9 Å². The number of fused-ring (bicyclic) bond motifs is 1. The summed E-state index contributed by atoms with van der Waals surface area (Å²) < 4.78 is 24.4. The highest BCUT2D eigenvalue weighted by atomic mass is 32.2. The largest absolute Gasteiger partial charge is 0.351 e. The lowest BCUT2D eigenvalue weighted by atomic mass is 10.1. The van der Waals surface area contributed by atoms with Crippen LogP contribution in [0.15, 0.2) is 16.9 Å². The first-order chi connectivity index (χ1) is 11.7. The van der Waals surface area contributed by atoms with E-state index in [-0.39, 0.29) is 35.6 Å². The van der Waals surface area contributed by atoms with E-state index in [9.17, 15) is 18.0 Å². The average molecular weight is 363 g/mol. The minimum absolute atomic E-state index is 0.0396. The Balaban J connectivity index is 1.92. The zero-order valence-corrected chi connectivity index (χ0v) is 15.3. The summed E-state index contributed by atoms with van der Waals surface area (Å²) >= 11 is 0. The standard InChI is InChI=1S/C17H21N3O4S/c1-10-6-14-15(7-11(10)2)20(17(22)12(3)18-14)8-16(21)19-13-4-5-25(23,24)9-13/h6-7,13H,4-5,8-9H2,1-3H3,(H,19,21). The van der Waals surface area contributed by atoms with E-state index in [4.69, 9.17) is 0 Å². The molecule has 0 saturated carbocycles. The van der Waals surface area contributed by atoms with Crippen molar-refractivity contribution in [2.75, 3.05) is 11.5 Å². The van der Waals surface area contributed by atoms with Crippen molar-refractivity contribution in [2.45, 2.75) is 39.8 Å². The number of amides is 1. The van der Waals surface area contributed by atoms with Crippen LogP contribution in [-0.2, 0) is 21.2 Å². The molecule has 0 bridgehead atoms. The highest BCUT2D eigenvalue weighted by molar-refractivity contribution is 7.91. The lowest BCUT2D eigenvalue weighted by molar-refractivity contribution is -0.122. The molecule has 0 aliphatic carbocycles. The van der Waals surface area contributed by atoms with Crippen LogP contribution >= 0.6 is 0 Å². The maximum absolute atomic E-state index is 12.5. The number of hydrogen-bond donors (Lipinski definition) is 1. The molecule has 1 amide bonds.